The van der Waals surface area contributed by atoms with Crippen molar-refractivity contribution in [2.75, 3.05) is 6.61 Å². The van der Waals surface area contributed by atoms with Crippen molar-refractivity contribution in [3.05, 3.63) is 65.4 Å². The van der Waals surface area contributed by atoms with Crippen LogP contribution < -0.4 is 4.74 Å². The van der Waals surface area contributed by atoms with E-state index in [1.807, 2.05) is 36.4 Å². The lowest BCUT2D eigenvalue weighted by molar-refractivity contribution is -0.137. The highest BCUT2D eigenvalue weighted by Gasteiger charge is 2.32. The Balaban J connectivity index is 1.87. The van der Waals surface area contributed by atoms with E-state index in [0.717, 1.165) is 17.7 Å². The van der Waals surface area contributed by atoms with Crippen molar-refractivity contribution in [1.29, 1.82) is 5.26 Å². The van der Waals surface area contributed by atoms with Crippen LogP contribution >= 0.6 is 0 Å². The lowest BCUT2D eigenvalue weighted by Crippen LogP contribution is -2.07. The first kappa shape index (κ1) is 17.5. The van der Waals surface area contributed by atoms with Crippen LogP contribution in [0.15, 0.2) is 48.5 Å². The van der Waals surface area contributed by atoms with Crippen LogP contribution in [0.1, 0.15) is 16.8 Å². The Morgan fingerprint density at radius 2 is 1.88 bits per heavy atom. The molecule has 0 saturated carbocycles. The van der Waals surface area contributed by atoms with Crippen molar-refractivity contribution >= 4 is 0 Å². The number of hydrogen-bond donors (Lipinski definition) is 1. The number of H-pyrrole nitrogens is 1. The molecular formula is C18H13F3N4O. The van der Waals surface area contributed by atoms with E-state index in [0.29, 0.717) is 6.42 Å². The Hall–Kier alpha value is -3.34. The second kappa shape index (κ2) is 7.27. The summed E-state index contributed by atoms with van der Waals surface area (Å²) in [4.78, 5) is 0. The fourth-order valence-corrected chi connectivity index (χ4v) is 2.42. The van der Waals surface area contributed by atoms with Gasteiger partial charge in [0.1, 0.15) is 17.5 Å². The summed E-state index contributed by atoms with van der Waals surface area (Å²) in [6, 6.07) is 14.5. The van der Waals surface area contributed by atoms with E-state index in [-0.39, 0.29) is 29.3 Å². The van der Waals surface area contributed by atoms with Crippen molar-refractivity contribution in [2.45, 2.75) is 12.6 Å². The Morgan fingerprint density at radius 3 is 2.58 bits per heavy atom. The first-order valence-corrected chi connectivity index (χ1v) is 7.68. The molecule has 0 fully saturated rings. The van der Waals surface area contributed by atoms with Gasteiger partial charge < -0.3 is 4.74 Å². The van der Waals surface area contributed by atoms with Crippen LogP contribution in [0, 0.1) is 11.3 Å². The minimum atomic E-state index is -4.55. The number of nitriles is 1. The quantitative estimate of drug-likeness (QED) is 0.748. The molecule has 3 rings (SSSR count). The topological polar surface area (TPSA) is 74.6 Å². The summed E-state index contributed by atoms with van der Waals surface area (Å²) >= 11 is 0. The van der Waals surface area contributed by atoms with Crippen LogP contribution in [-0.2, 0) is 12.6 Å². The van der Waals surface area contributed by atoms with Gasteiger partial charge in [0.05, 0.1) is 12.2 Å². The average Bonchev–Trinajstić information content (AvgIpc) is 3.10. The third-order valence-electron chi connectivity index (χ3n) is 3.67. The van der Waals surface area contributed by atoms with Gasteiger partial charge in [0.25, 0.3) is 0 Å². The van der Waals surface area contributed by atoms with Crippen molar-refractivity contribution in [1.82, 2.24) is 15.4 Å². The maximum absolute atomic E-state index is 13.2. The van der Waals surface area contributed by atoms with Gasteiger partial charge in [-0.3, -0.25) is 0 Å². The number of aromatic nitrogens is 3. The molecule has 5 nitrogen and oxygen atoms in total. The van der Waals surface area contributed by atoms with E-state index in [2.05, 4.69) is 15.4 Å². The van der Waals surface area contributed by atoms with Crippen LogP contribution in [0.4, 0.5) is 13.2 Å². The van der Waals surface area contributed by atoms with Gasteiger partial charge >= 0.3 is 6.18 Å². The summed E-state index contributed by atoms with van der Waals surface area (Å²) in [5.74, 6) is 0.0534. The second-order valence-electron chi connectivity index (χ2n) is 5.48. The Morgan fingerprint density at radius 1 is 1.12 bits per heavy atom. The Bertz CT molecular complexity index is 930. The van der Waals surface area contributed by atoms with Gasteiger partial charge in [0.2, 0.25) is 0 Å². The number of nitrogens with zero attached hydrogens (tertiary/aromatic N) is 3. The van der Waals surface area contributed by atoms with Gasteiger partial charge in [-0.2, -0.15) is 18.4 Å². The zero-order valence-electron chi connectivity index (χ0n) is 13.4. The Labute approximate surface area is 147 Å². The van der Waals surface area contributed by atoms with Crippen LogP contribution in [0.2, 0.25) is 0 Å². The molecule has 0 aliphatic rings. The number of hydrogen-bond acceptors (Lipinski definition) is 4. The van der Waals surface area contributed by atoms with E-state index >= 15 is 0 Å². The maximum Gasteiger partial charge on any atom is 0.416 e. The number of rotatable bonds is 5. The van der Waals surface area contributed by atoms with Gasteiger partial charge in [-0.15, -0.1) is 5.10 Å². The average molecular weight is 358 g/mol. The highest BCUT2D eigenvalue weighted by molar-refractivity contribution is 5.67. The predicted octanol–water partition coefficient (Wildman–Crippen LogP) is 3.98. The van der Waals surface area contributed by atoms with Gasteiger partial charge in [0.15, 0.2) is 5.69 Å². The van der Waals surface area contributed by atoms with Crippen molar-refractivity contribution in [2.24, 2.45) is 0 Å². The molecule has 0 saturated heterocycles. The molecule has 0 aliphatic heterocycles. The summed E-state index contributed by atoms with van der Waals surface area (Å²) in [7, 11) is 0. The number of alkyl halides is 3. The molecule has 8 heteroatoms. The molecule has 1 N–H and O–H groups in total. The molecule has 0 spiro atoms. The second-order valence-corrected chi connectivity index (χ2v) is 5.48. The minimum absolute atomic E-state index is 0.0143. The fourth-order valence-electron chi connectivity index (χ4n) is 2.42. The number of aromatic amines is 1. The Kier molecular flexibility index (Phi) is 4.89. The molecule has 26 heavy (non-hydrogen) atoms. The maximum atomic E-state index is 13.2. The molecule has 132 valence electrons. The molecule has 0 amide bonds. The van der Waals surface area contributed by atoms with Crippen LogP contribution in [-0.4, -0.2) is 22.0 Å². The van der Waals surface area contributed by atoms with Crippen molar-refractivity contribution in [3.8, 4) is 23.1 Å². The van der Waals surface area contributed by atoms with Crippen molar-refractivity contribution in [3.63, 3.8) is 0 Å². The molecule has 0 radical (unpaired) electrons. The summed E-state index contributed by atoms with van der Waals surface area (Å²) in [5, 5.41) is 18.5. The zero-order chi connectivity index (χ0) is 18.6. The SMILES string of the molecule is N#Cc1[nH]nnc1-c1cc(OCCc2ccccc2)cc(C(F)(F)F)c1. The summed E-state index contributed by atoms with van der Waals surface area (Å²) < 4.78 is 45.1. The third kappa shape index (κ3) is 4.00. The molecule has 0 aliphatic carbocycles. The summed E-state index contributed by atoms with van der Waals surface area (Å²) in [6.45, 7) is 0.217. The molecule has 0 unspecified atom stereocenters. The normalized spacial score (nSPS) is 11.2. The smallest absolute Gasteiger partial charge is 0.416 e. The highest BCUT2D eigenvalue weighted by atomic mass is 19.4. The molecule has 3 aromatic rings. The van der Waals surface area contributed by atoms with Crippen LogP contribution in [0.5, 0.6) is 5.75 Å². The molecule has 2 aromatic carbocycles. The minimum Gasteiger partial charge on any atom is -0.493 e. The van der Waals surface area contributed by atoms with E-state index in [4.69, 9.17) is 10.00 Å². The van der Waals surface area contributed by atoms with Gasteiger partial charge in [-0.1, -0.05) is 35.5 Å². The molecular weight excluding hydrogens is 345 g/mol. The van der Waals surface area contributed by atoms with E-state index in [9.17, 15) is 13.2 Å². The van der Waals surface area contributed by atoms with Gasteiger partial charge in [-0.05, 0) is 23.8 Å². The first-order chi connectivity index (χ1) is 12.5. The standard InChI is InChI=1S/C18H13F3N4O/c19-18(20,21)14-8-13(17-16(11-22)23-25-24-17)9-15(10-14)26-7-6-12-4-2-1-3-5-12/h1-5,8-10H,6-7H2,(H,23,24,25). The summed E-state index contributed by atoms with van der Waals surface area (Å²) in [6.07, 6.45) is -4.00. The highest BCUT2D eigenvalue weighted by Crippen LogP contribution is 2.35. The molecule has 0 atom stereocenters. The summed E-state index contributed by atoms with van der Waals surface area (Å²) in [5.41, 5.74) is 0.283. The molecule has 1 aromatic heterocycles. The molecule has 1 heterocycles. The lowest BCUT2D eigenvalue weighted by Gasteiger charge is -2.12. The largest absolute Gasteiger partial charge is 0.493 e. The van der Waals surface area contributed by atoms with Gasteiger partial charge in [-0.25, -0.2) is 5.10 Å². The van der Waals surface area contributed by atoms with Crippen LogP contribution in [0.25, 0.3) is 11.3 Å². The monoisotopic (exact) mass is 358 g/mol. The lowest BCUT2D eigenvalue weighted by atomic mass is 10.1. The first-order valence-electron chi connectivity index (χ1n) is 7.68. The third-order valence-corrected chi connectivity index (χ3v) is 3.67. The number of nitrogens with one attached hydrogen (secondary N) is 1. The van der Waals surface area contributed by atoms with E-state index < -0.39 is 11.7 Å². The predicted molar refractivity (Wildman–Crippen MR) is 87.2 cm³/mol. The van der Waals surface area contributed by atoms with E-state index in [1.54, 1.807) is 0 Å². The van der Waals surface area contributed by atoms with Gasteiger partial charge in [0, 0.05) is 12.0 Å². The zero-order valence-corrected chi connectivity index (χ0v) is 13.4. The van der Waals surface area contributed by atoms with Crippen molar-refractivity contribution < 1.29 is 17.9 Å². The van der Waals surface area contributed by atoms with E-state index in [1.165, 1.54) is 6.07 Å². The fraction of sp³-hybridized carbons (Fsp3) is 0.167. The number of halogens is 3. The number of ether oxygens (including phenoxy) is 1. The van der Waals surface area contributed by atoms with Crippen LogP contribution in [0.3, 0.4) is 0 Å². The number of benzene rings is 2. The molecule has 0 bridgehead atoms.